The number of esters is 1. The molecule has 4 heterocycles. The van der Waals surface area contributed by atoms with Gasteiger partial charge in [-0.3, -0.25) is 4.79 Å². The Labute approximate surface area is 321 Å². The number of carbonyl (C=O) groups excluding carboxylic acids is 2. The maximum Gasteiger partial charge on any atom is 0.410 e. The van der Waals surface area contributed by atoms with Crippen LogP contribution < -0.4 is 0 Å². The summed E-state index contributed by atoms with van der Waals surface area (Å²) in [7, 11) is 3.34. The Balaban J connectivity index is 1.82. The molecular weight excluding hydrogens is 704 g/mol. The fourth-order valence-electron chi connectivity index (χ4n) is 9.33. The molecule has 15 heteroatoms. The molecule has 0 radical (unpaired) electrons. The smallest absolute Gasteiger partial charge is 0.410 e. The molecule has 15 nitrogen and oxygen atoms in total. The van der Waals surface area contributed by atoms with Crippen LogP contribution in [-0.2, 0) is 38.0 Å². The van der Waals surface area contributed by atoms with E-state index in [1.54, 1.807) is 46.4 Å². The summed E-state index contributed by atoms with van der Waals surface area (Å²) in [6, 6.07) is -0.845. The summed E-state index contributed by atoms with van der Waals surface area (Å²) in [6.45, 7) is 20.3. The first kappa shape index (κ1) is 45.0. The minimum Gasteiger partial charge on any atom is -0.459 e. The SMILES string of the molecule is CC[C@H]1OC(=O)[C@H](C)[C@@H](O[C@H]2C[C@@](C)(OC)[C@@H](O)[C@H](C)O2)[C@H](C)[C@@H](O[C@@H]2O[C@H](C)C[C@H]3[C@H]2OC(=O)N3CC)[C@](C)(O)C[C@@H](C)CN(C)[C@H](C)[C@@H](O)[C@]1(C)O. The first-order valence-electron chi connectivity index (χ1n) is 19.9. The molecule has 18 atom stereocenters. The van der Waals surface area contributed by atoms with Crippen LogP contribution in [0, 0.1) is 17.8 Å². The fourth-order valence-corrected chi connectivity index (χ4v) is 9.33. The molecule has 0 aliphatic carbocycles. The number of carbonyl (C=O) groups is 2. The van der Waals surface area contributed by atoms with Crippen LogP contribution in [0.3, 0.4) is 0 Å². The summed E-state index contributed by atoms with van der Waals surface area (Å²) >= 11 is 0. The van der Waals surface area contributed by atoms with E-state index in [0.717, 1.165) is 0 Å². The van der Waals surface area contributed by atoms with Crippen molar-refractivity contribution in [2.24, 2.45) is 17.8 Å². The summed E-state index contributed by atoms with van der Waals surface area (Å²) in [5.41, 5.74) is -4.42. The number of aliphatic hydroxyl groups excluding tert-OH is 2. The van der Waals surface area contributed by atoms with Gasteiger partial charge >= 0.3 is 12.1 Å². The predicted molar refractivity (Wildman–Crippen MR) is 197 cm³/mol. The van der Waals surface area contributed by atoms with E-state index >= 15 is 0 Å². The Morgan fingerprint density at radius 2 is 1.56 bits per heavy atom. The standard InChI is InChI=1S/C39H70N2O13/c1-14-27-39(11,47)31(42)24(7)40(12)19-20(3)17-37(9,46)33(54-35-30-26(16-21(4)49-35)41(15-2)36(45)53-30)22(5)29(23(6)34(44)51-27)52-28-18-38(10,48-13)32(43)25(8)50-28/h20-33,35,42-43,46-47H,14-19H2,1-13H3/t20-,21-,22+,23-,24-,25+,26+,27-,28+,29+,30-,31-,32+,33-,35+,37-,38-,39-/m1/s1. The van der Waals surface area contributed by atoms with Gasteiger partial charge in [-0.25, -0.2) is 4.79 Å². The number of nitrogens with zero attached hydrogens (tertiary/aromatic N) is 2. The van der Waals surface area contributed by atoms with Crippen molar-refractivity contribution >= 4 is 12.1 Å². The molecule has 4 fully saturated rings. The molecule has 0 bridgehead atoms. The van der Waals surface area contributed by atoms with E-state index in [9.17, 15) is 30.0 Å². The quantitative estimate of drug-likeness (QED) is 0.277. The highest BCUT2D eigenvalue weighted by molar-refractivity contribution is 5.73. The van der Waals surface area contributed by atoms with Gasteiger partial charge in [0.15, 0.2) is 18.7 Å². The lowest BCUT2D eigenvalue weighted by atomic mass is 9.77. The number of aliphatic hydroxyl groups is 4. The lowest BCUT2D eigenvalue weighted by molar-refractivity contribution is -0.314. The number of methoxy groups -OCH3 is 1. The Kier molecular flexibility index (Phi) is 14.6. The molecule has 4 rings (SSSR count). The monoisotopic (exact) mass is 774 g/mol. The number of hydrogen-bond acceptors (Lipinski definition) is 14. The lowest BCUT2D eigenvalue weighted by Crippen LogP contribution is -2.60. The molecule has 4 aliphatic rings. The van der Waals surface area contributed by atoms with Gasteiger partial charge in [-0.2, -0.15) is 0 Å². The highest BCUT2D eigenvalue weighted by Gasteiger charge is 2.55. The Bertz CT molecular complexity index is 1270. The average molecular weight is 775 g/mol. The van der Waals surface area contributed by atoms with Crippen LogP contribution in [0.1, 0.15) is 102 Å². The Morgan fingerprint density at radius 1 is 0.907 bits per heavy atom. The first-order chi connectivity index (χ1) is 25.0. The van der Waals surface area contributed by atoms with Crippen molar-refractivity contribution in [1.82, 2.24) is 9.80 Å². The zero-order chi connectivity index (χ0) is 40.7. The molecule has 0 saturated carbocycles. The van der Waals surface area contributed by atoms with E-state index < -0.39 is 102 Å². The maximum absolute atomic E-state index is 14.3. The van der Waals surface area contributed by atoms with Gasteiger partial charge < -0.3 is 63.4 Å². The number of fused-ring (bicyclic) bond motifs is 1. The predicted octanol–water partition coefficient (Wildman–Crippen LogP) is 2.82. The summed E-state index contributed by atoms with van der Waals surface area (Å²) in [5, 5.41) is 46.8. The van der Waals surface area contributed by atoms with E-state index in [4.69, 9.17) is 33.2 Å². The van der Waals surface area contributed by atoms with Crippen LogP contribution in [-0.4, -0.2) is 160 Å². The fraction of sp³-hybridized carbons (Fsp3) is 0.949. The van der Waals surface area contributed by atoms with E-state index in [2.05, 4.69) is 0 Å². The maximum atomic E-state index is 14.3. The third kappa shape index (κ3) is 9.21. The normalized spacial score (nSPS) is 49.1. The molecule has 54 heavy (non-hydrogen) atoms. The molecule has 0 spiro atoms. The second-order valence-corrected chi connectivity index (χ2v) is 17.3. The highest BCUT2D eigenvalue weighted by Crippen LogP contribution is 2.41. The van der Waals surface area contributed by atoms with Crippen LogP contribution in [0.15, 0.2) is 0 Å². The van der Waals surface area contributed by atoms with Crippen LogP contribution in [0.4, 0.5) is 4.79 Å². The zero-order valence-corrected chi connectivity index (χ0v) is 34.8. The van der Waals surface area contributed by atoms with Crippen molar-refractivity contribution < 1.29 is 63.2 Å². The van der Waals surface area contributed by atoms with Gasteiger partial charge in [-0.05, 0) is 87.6 Å². The van der Waals surface area contributed by atoms with Gasteiger partial charge in [0, 0.05) is 38.6 Å². The summed E-state index contributed by atoms with van der Waals surface area (Å²) in [6.07, 6.45) is -8.50. The number of hydrogen-bond donors (Lipinski definition) is 4. The van der Waals surface area contributed by atoms with Gasteiger partial charge in [0.1, 0.15) is 23.9 Å². The molecule has 0 aromatic rings. The number of amides is 1. The van der Waals surface area contributed by atoms with Crippen LogP contribution >= 0.6 is 0 Å². The van der Waals surface area contributed by atoms with Crippen molar-refractivity contribution in [2.45, 2.75) is 192 Å². The van der Waals surface area contributed by atoms with E-state index in [0.29, 0.717) is 19.5 Å². The third-order valence-corrected chi connectivity index (χ3v) is 12.7. The second kappa shape index (κ2) is 17.5. The van der Waals surface area contributed by atoms with Gasteiger partial charge in [-0.15, -0.1) is 0 Å². The number of rotatable bonds is 7. The lowest BCUT2D eigenvalue weighted by Gasteiger charge is -2.48. The average Bonchev–Trinajstić information content (AvgIpc) is 3.42. The van der Waals surface area contributed by atoms with Crippen LogP contribution in [0.2, 0.25) is 0 Å². The van der Waals surface area contributed by atoms with Crippen LogP contribution in [0.25, 0.3) is 0 Å². The van der Waals surface area contributed by atoms with Gasteiger partial charge in [-0.1, -0.05) is 20.8 Å². The van der Waals surface area contributed by atoms with E-state index in [1.807, 2.05) is 39.6 Å². The molecule has 1 amide bonds. The first-order valence-corrected chi connectivity index (χ1v) is 19.9. The number of cyclic esters (lactones) is 1. The summed E-state index contributed by atoms with van der Waals surface area (Å²) < 4.78 is 43.7. The minimum atomic E-state index is -1.81. The van der Waals surface area contributed by atoms with Crippen molar-refractivity contribution in [3.63, 3.8) is 0 Å². The van der Waals surface area contributed by atoms with Crippen molar-refractivity contribution in [1.29, 1.82) is 0 Å². The molecule has 314 valence electrons. The second-order valence-electron chi connectivity index (χ2n) is 17.3. The summed E-state index contributed by atoms with van der Waals surface area (Å²) in [4.78, 5) is 30.8. The topological polar surface area (TPSA) is 186 Å². The van der Waals surface area contributed by atoms with Gasteiger partial charge in [0.2, 0.25) is 0 Å². The van der Waals surface area contributed by atoms with Gasteiger partial charge in [0.05, 0.1) is 47.6 Å². The largest absolute Gasteiger partial charge is 0.459 e. The van der Waals surface area contributed by atoms with E-state index in [1.165, 1.54) is 14.0 Å². The van der Waals surface area contributed by atoms with Crippen LogP contribution in [0.5, 0.6) is 0 Å². The third-order valence-electron chi connectivity index (χ3n) is 12.7. The number of ether oxygens (including phenoxy) is 7. The van der Waals surface area contributed by atoms with Crippen molar-refractivity contribution in [3.8, 4) is 0 Å². The molecular formula is C39H70N2O13. The molecule has 4 aliphatic heterocycles. The van der Waals surface area contributed by atoms with Gasteiger partial charge in [0.25, 0.3) is 0 Å². The van der Waals surface area contributed by atoms with Crippen molar-refractivity contribution in [2.75, 3.05) is 27.2 Å². The molecule has 0 unspecified atom stereocenters. The van der Waals surface area contributed by atoms with Crippen molar-refractivity contribution in [3.05, 3.63) is 0 Å². The Morgan fingerprint density at radius 3 is 2.15 bits per heavy atom. The minimum absolute atomic E-state index is 0.122. The molecule has 0 aromatic heterocycles. The Hall–Kier alpha value is -1.66. The number of likely N-dealkylation sites (N-methyl/N-ethyl adjacent to an activating group) is 2. The zero-order valence-electron chi connectivity index (χ0n) is 34.8. The summed E-state index contributed by atoms with van der Waals surface area (Å²) in [5.74, 6) is -2.64. The molecule has 4 N–H and O–H groups in total. The molecule has 0 aromatic carbocycles. The van der Waals surface area contributed by atoms with E-state index in [-0.39, 0.29) is 37.3 Å². The molecule has 4 saturated heterocycles. The highest BCUT2D eigenvalue weighted by atomic mass is 16.7.